The zero-order valence-corrected chi connectivity index (χ0v) is 21.6. The molecule has 1 amide bonds. The first-order chi connectivity index (χ1) is 17.7. The van der Waals surface area contributed by atoms with Gasteiger partial charge in [0.05, 0.1) is 17.0 Å². The van der Waals surface area contributed by atoms with Gasteiger partial charge in [0.2, 0.25) is 5.88 Å². The lowest BCUT2D eigenvalue weighted by Crippen LogP contribution is -2.17. The first-order valence-electron chi connectivity index (χ1n) is 11.9. The van der Waals surface area contributed by atoms with E-state index in [1.807, 2.05) is 19.2 Å². The number of aryl methyl sites for hydroxylation is 3. The summed E-state index contributed by atoms with van der Waals surface area (Å²) in [5.74, 6) is -0.565. The molecule has 0 fully saturated rings. The fraction of sp³-hybridized carbons (Fsp3) is 0.385. The van der Waals surface area contributed by atoms with E-state index in [1.54, 1.807) is 22.6 Å². The van der Waals surface area contributed by atoms with E-state index < -0.39 is 11.7 Å². The third-order valence-corrected chi connectivity index (χ3v) is 6.79. The number of carbonyl (C=O) groups excluding carboxylic acids is 2. The second kappa shape index (κ2) is 11.3. The van der Waals surface area contributed by atoms with Crippen molar-refractivity contribution < 1.29 is 23.8 Å². The minimum atomic E-state index is -0.566. The average Bonchev–Trinajstić information content (AvgIpc) is 3.54. The molecule has 4 rings (SSSR count). The van der Waals surface area contributed by atoms with Gasteiger partial charge >= 0.3 is 0 Å². The Bertz CT molecular complexity index is 1350. The summed E-state index contributed by atoms with van der Waals surface area (Å²) in [6.07, 6.45) is 5.69. The SMILES string of the molecule is CC(=O)COc1cc(CCC2CC(c3ncn(C)c3C(=O)Nc3ccc(F)c(Cl)c3)=CC2CO)n(C)n1. The lowest BCUT2D eigenvalue weighted by molar-refractivity contribution is -0.119. The third kappa shape index (κ3) is 6.08. The molecule has 0 aliphatic heterocycles. The number of Topliss-reactive ketones (excluding diaryl/α,β-unsaturated/α-hetero) is 1. The van der Waals surface area contributed by atoms with Gasteiger partial charge in [0, 0.05) is 44.1 Å². The average molecular weight is 530 g/mol. The highest BCUT2D eigenvalue weighted by atomic mass is 35.5. The van der Waals surface area contributed by atoms with Crippen LogP contribution in [0.1, 0.15) is 41.6 Å². The van der Waals surface area contributed by atoms with Gasteiger partial charge in [-0.1, -0.05) is 17.7 Å². The number of carbonyl (C=O) groups is 2. The Kier molecular flexibility index (Phi) is 8.09. The van der Waals surface area contributed by atoms with Crippen molar-refractivity contribution in [1.82, 2.24) is 19.3 Å². The van der Waals surface area contributed by atoms with Gasteiger partial charge in [0.1, 0.15) is 18.1 Å². The van der Waals surface area contributed by atoms with E-state index in [0.717, 1.165) is 17.7 Å². The van der Waals surface area contributed by atoms with Gasteiger partial charge in [0.15, 0.2) is 5.78 Å². The Morgan fingerprint density at radius 2 is 2.08 bits per heavy atom. The number of benzene rings is 1. The number of amides is 1. The van der Waals surface area contributed by atoms with Crippen LogP contribution in [0.15, 0.2) is 36.7 Å². The zero-order valence-electron chi connectivity index (χ0n) is 20.9. The number of aliphatic hydroxyl groups excluding tert-OH is 1. The Balaban J connectivity index is 1.45. The molecule has 37 heavy (non-hydrogen) atoms. The van der Waals surface area contributed by atoms with Crippen molar-refractivity contribution in [2.75, 3.05) is 18.5 Å². The number of hydrogen-bond acceptors (Lipinski definition) is 6. The Morgan fingerprint density at radius 3 is 2.78 bits per heavy atom. The second-order valence-corrected chi connectivity index (χ2v) is 9.67. The lowest BCUT2D eigenvalue weighted by Gasteiger charge is -2.17. The number of aliphatic hydroxyl groups is 1. The number of halogens is 2. The molecule has 2 unspecified atom stereocenters. The number of ketones is 1. The summed E-state index contributed by atoms with van der Waals surface area (Å²) in [6.45, 7) is 1.42. The molecule has 0 saturated heterocycles. The quantitative estimate of drug-likeness (QED) is 0.413. The maximum Gasteiger partial charge on any atom is 0.274 e. The van der Waals surface area contributed by atoms with E-state index in [2.05, 4.69) is 15.4 Å². The molecule has 2 atom stereocenters. The van der Waals surface area contributed by atoms with E-state index in [1.165, 1.54) is 25.1 Å². The summed E-state index contributed by atoms with van der Waals surface area (Å²) in [6, 6.07) is 5.81. The molecule has 2 heterocycles. The van der Waals surface area contributed by atoms with Crippen LogP contribution >= 0.6 is 11.6 Å². The molecule has 1 aliphatic carbocycles. The molecule has 3 aromatic rings. The Hall–Kier alpha value is -3.50. The monoisotopic (exact) mass is 529 g/mol. The van der Waals surface area contributed by atoms with Gasteiger partial charge < -0.3 is 19.7 Å². The fourth-order valence-electron chi connectivity index (χ4n) is 4.58. The van der Waals surface area contributed by atoms with Crippen LogP contribution in [0.3, 0.4) is 0 Å². The van der Waals surface area contributed by atoms with Crippen molar-refractivity contribution in [2.45, 2.75) is 26.2 Å². The lowest BCUT2D eigenvalue weighted by atomic mass is 9.90. The summed E-state index contributed by atoms with van der Waals surface area (Å²) < 4.78 is 22.3. The van der Waals surface area contributed by atoms with E-state index in [0.29, 0.717) is 35.8 Å². The largest absolute Gasteiger partial charge is 0.469 e. The van der Waals surface area contributed by atoms with Crippen LogP contribution in [0, 0.1) is 17.7 Å². The molecule has 1 aliphatic rings. The van der Waals surface area contributed by atoms with Crippen LogP contribution in [0.25, 0.3) is 5.57 Å². The summed E-state index contributed by atoms with van der Waals surface area (Å²) >= 11 is 5.85. The van der Waals surface area contributed by atoms with Crippen molar-refractivity contribution >= 4 is 34.6 Å². The van der Waals surface area contributed by atoms with E-state index in [-0.39, 0.29) is 35.9 Å². The molecule has 1 aromatic carbocycles. The van der Waals surface area contributed by atoms with Crippen LogP contribution in [-0.4, -0.2) is 49.3 Å². The van der Waals surface area contributed by atoms with Crippen molar-refractivity contribution in [3.63, 3.8) is 0 Å². The minimum absolute atomic E-state index is 0.0189. The second-order valence-electron chi connectivity index (χ2n) is 9.27. The number of ether oxygens (including phenoxy) is 1. The fourth-order valence-corrected chi connectivity index (χ4v) is 4.76. The van der Waals surface area contributed by atoms with E-state index >= 15 is 0 Å². The Labute approximate surface area is 218 Å². The Morgan fingerprint density at radius 1 is 1.30 bits per heavy atom. The minimum Gasteiger partial charge on any atom is -0.469 e. The number of allylic oxidation sites excluding steroid dienone is 1. The topological polar surface area (TPSA) is 111 Å². The van der Waals surface area contributed by atoms with Crippen molar-refractivity contribution in [2.24, 2.45) is 25.9 Å². The number of rotatable bonds is 10. The highest BCUT2D eigenvalue weighted by Crippen LogP contribution is 2.39. The third-order valence-electron chi connectivity index (χ3n) is 6.50. The molecule has 196 valence electrons. The number of imidazole rings is 1. The molecule has 2 aromatic heterocycles. The van der Waals surface area contributed by atoms with Crippen molar-refractivity contribution in [3.8, 4) is 5.88 Å². The summed E-state index contributed by atoms with van der Waals surface area (Å²) in [4.78, 5) is 28.8. The first kappa shape index (κ1) is 26.6. The van der Waals surface area contributed by atoms with E-state index in [9.17, 15) is 19.1 Å². The van der Waals surface area contributed by atoms with Gasteiger partial charge in [-0.15, -0.1) is 5.10 Å². The summed E-state index contributed by atoms with van der Waals surface area (Å²) in [7, 11) is 3.55. The smallest absolute Gasteiger partial charge is 0.274 e. The van der Waals surface area contributed by atoms with Crippen LogP contribution < -0.4 is 10.1 Å². The number of hydrogen-bond donors (Lipinski definition) is 2. The van der Waals surface area contributed by atoms with Gasteiger partial charge in [-0.25, -0.2) is 9.37 Å². The van der Waals surface area contributed by atoms with Crippen molar-refractivity contribution in [1.29, 1.82) is 0 Å². The molecule has 9 nitrogen and oxygen atoms in total. The molecule has 0 radical (unpaired) electrons. The van der Waals surface area contributed by atoms with Crippen LogP contribution in [-0.2, 0) is 25.3 Å². The predicted molar refractivity (Wildman–Crippen MR) is 137 cm³/mol. The van der Waals surface area contributed by atoms with Crippen LogP contribution in [0.5, 0.6) is 5.88 Å². The van der Waals surface area contributed by atoms with Crippen LogP contribution in [0.4, 0.5) is 10.1 Å². The number of nitrogens with one attached hydrogen (secondary N) is 1. The number of nitrogens with zero attached hydrogens (tertiary/aromatic N) is 4. The standard InChI is InChI=1S/C26H29ClFN5O4/c1-15(35)13-37-23-11-20(33(3)31-23)6-4-16-8-17(9-18(16)12-34)24-25(32(2)14-29-24)26(36)30-19-5-7-22(28)21(27)10-19/h5,7,9-11,14,16,18,34H,4,6,8,12-13H2,1-3H3,(H,30,36). The van der Waals surface area contributed by atoms with Gasteiger partial charge in [-0.05, 0) is 55.9 Å². The summed E-state index contributed by atoms with van der Waals surface area (Å²) in [5, 5.41) is 17.0. The number of aromatic nitrogens is 4. The van der Waals surface area contributed by atoms with E-state index in [4.69, 9.17) is 16.3 Å². The van der Waals surface area contributed by atoms with Gasteiger partial charge in [0.25, 0.3) is 5.91 Å². The normalized spacial score (nSPS) is 17.1. The molecule has 11 heteroatoms. The van der Waals surface area contributed by atoms with Crippen LogP contribution in [0.2, 0.25) is 5.02 Å². The molecular formula is C26H29ClFN5O4. The molecule has 2 N–H and O–H groups in total. The first-order valence-corrected chi connectivity index (χ1v) is 12.3. The molecule has 0 spiro atoms. The van der Waals surface area contributed by atoms with Gasteiger partial charge in [-0.2, -0.15) is 0 Å². The number of anilines is 1. The summed E-state index contributed by atoms with van der Waals surface area (Å²) in [5.41, 5.74) is 3.14. The highest BCUT2D eigenvalue weighted by molar-refractivity contribution is 6.31. The zero-order chi connectivity index (χ0) is 26.7. The van der Waals surface area contributed by atoms with Gasteiger partial charge in [-0.3, -0.25) is 14.3 Å². The van der Waals surface area contributed by atoms with Crippen molar-refractivity contribution in [3.05, 3.63) is 64.6 Å². The maximum atomic E-state index is 13.5. The highest BCUT2D eigenvalue weighted by Gasteiger charge is 2.31. The predicted octanol–water partition coefficient (Wildman–Crippen LogP) is 3.81. The molecular weight excluding hydrogens is 501 g/mol. The molecule has 0 bridgehead atoms. The molecule has 0 saturated carbocycles. The maximum absolute atomic E-state index is 13.5.